The minimum Gasteiger partial charge on any atom is -0.388 e. The van der Waals surface area contributed by atoms with Crippen LogP contribution in [0.3, 0.4) is 0 Å². The van der Waals surface area contributed by atoms with E-state index in [1.54, 1.807) is 12.1 Å². The highest BCUT2D eigenvalue weighted by Gasteiger charge is 2.23. The van der Waals surface area contributed by atoms with Crippen molar-refractivity contribution in [3.63, 3.8) is 0 Å². The summed E-state index contributed by atoms with van der Waals surface area (Å²) in [7, 11) is 0. The molecule has 2 aromatic rings. The maximum Gasteiger partial charge on any atom is 0.123 e. The highest BCUT2D eigenvalue weighted by Crippen LogP contribution is 2.35. The van der Waals surface area contributed by atoms with Gasteiger partial charge < -0.3 is 10.8 Å². The van der Waals surface area contributed by atoms with Gasteiger partial charge >= 0.3 is 0 Å². The summed E-state index contributed by atoms with van der Waals surface area (Å²) in [6.45, 7) is 0.229. The van der Waals surface area contributed by atoms with Gasteiger partial charge in [0.1, 0.15) is 5.82 Å². The lowest BCUT2D eigenvalue weighted by Crippen LogP contribution is -2.20. The number of rotatable bonds is 4. The molecule has 0 saturated heterocycles. The number of nitrogens with two attached hydrogens (primary N) is 1. The third kappa shape index (κ3) is 3.47. The van der Waals surface area contributed by atoms with Crippen LogP contribution < -0.4 is 5.73 Å². The van der Waals surface area contributed by atoms with E-state index in [2.05, 4.69) is 31.9 Å². The van der Waals surface area contributed by atoms with Gasteiger partial charge in [0.05, 0.1) is 6.10 Å². The molecule has 0 saturated carbocycles. The standard InChI is InChI=1S/C15H14Br2FNO/c16-10-4-5-12(14(17)7-10)15(20)13(8-19)9-2-1-3-11(18)6-9/h1-7,13,15,20H,8,19H2. The summed E-state index contributed by atoms with van der Waals surface area (Å²) < 4.78 is 15.0. The Labute approximate surface area is 134 Å². The lowest BCUT2D eigenvalue weighted by Gasteiger charge is -2.23. The molecule has 20 heavy (non-hydrogen) atoms. The van der Waals surface area contributed by atoms with Gasteiger partial charge in [-0.25, -0.2) is 4.39 Å². The third-order valence-corrected chi connectivity index (χ3v) is 4.37. The maximum absolute atomic E-state index is 13.3. The molecule has 0 spiro atoms. The van der Waals surface area contributed by atoms with Crippen LogP contribution in [0.15, 0.2) is 51.4 Å². The van der Waals surface area contributed by atoms with E-state index in [-0.39, 0.29) is 18.3 Å². The monoisotopic (exact) mass is 401 g/mol. The zero-order valence-corrected chi connectivity index (χ0v) is 13.7. The van der Waals surface area contributed by atoms with Crippen molar-refractivity contribution in [2.24, 2.45) is 5.73 Å². The second-order valence-corrected chi connectivity index (χ2v) is 6.28. The first kappa shape index (κ1) is 15.6. The van der Waals surface area contributed by atoms with E-state index < -0.39 is 6.10 Å². The van der Waals surface area contributed by atoms with Crippen molar-refractivity contribution >= 4 is 31.9 Å². The van der Waals surface area contributed by atoms with Crippen molar-refractivity contribution in [1.29, 1.82) is 0 Å². The Morgan fingerprint density at radius 3 is 2.50 bits per heavy atom. The van der Waals surface area contributed by atoms with Gasteiger partial charge in [0, 0.05) is 21.4 Å². The zero-order valence-electron chi connectivity index (χ0n) is 10.6. The smallest absolute Gasteiger partial charge is 0.123 e. The second kappa shape index (κ2) is 6.80. The molecular formula is C15H14Br2FNO. The molecular weight excluding hydrogens is 389 g/mol. The topological polar surface area (TPSA) is 46.2 Å². The molecule has 0 radical (unpaired) electrons. The van der Waals surface area contributed by atoms with Crippen LogP contribution in [-0.2, 0) is 0 Å². The molecule has 0 heterocycles. The third-order valence-electron chi connectivity index (χ3n) is 3.19. The molecule has 0 amide bonds. The zero-order chi connectivity index (χ0) is 14.7. The number of halogens is 3. The quantitative estimate of drug-likeness (QED) is 0.807. The van der Waals surface area contributed by atoms with E-state index in [9.17, 15) is 9.50 Å². The van der Waals surface area contributed by atoms with Crippen molar-refractivity contribution in [2.45, 2.75) is 12.0 Å². The molecule has 2 aromatic carbocycles. The highest BCUT2D eigenvalue weighted by molar-refractivity contribution is 9.11. The number of hydrogen-bond donors (Lipinski definition) is 2. The lowest BCUT2D eigenvalue weighted by atomic mass is 9.89. The maximum atomic E-state index is 13.3. The van der Waals surface area contributed by atoms with Crippen molar-refractivity contribution in [1.82, 2.24) is 0 Å². The van der Waals surface area contributed by atoms with Gasteiger partial charge in [0.15, 0.2) is 0 Å². The normalized spacial score (nSPS) is 14.1. The minimum atomic E-state index is -0.802. The van der Waals surface area contributed by atoms with Crippen LogP contribution >= 0.6 is 31.9 Å². The molecule has 2 nitrogen and oxygen atoms in total. The molecule has 2 unspecified atom stereocenters. The van der Waals surface area contributed by atoms with E-state index >= 15 is 0 Å². The van der Waals surface area contributed by atoms with Crippen LogP contribution in [-0.4, -0.2) is 11.7 Å². The first-order valence-corrected chi connectivity index (χ1v) is 7.70. The average molecular weight is 403 g/mol. The van der Waals surface area contributed by atoms with E-state index in [0.29, 0.717) is 5.56 Å². The fourth-order valence-electron chi connectivity index (χ4n) is 2.14. The predicted molar refractivity (Wildman–Crippen MR) is 85.0 cm³/mol. The number of benzene rings is 2. The van der Waals surface area contributed by atoms with Crippen LogP contribution in [0.1, 0.15) is 23.1 Å². The molecule has 0 aliphatic heterocycles. The highest BCUT2D eigenvalue weighted by atomic mass is 79.9. The van der Waals surface area contributed by atoms with Crippen molar-refractivity contribution < 1.29 is 9.50 Å². The molecule has 5 heteroatoms. The summed E-state index contributed by atoms with van der Waals surface area (Å²) in [5, 5.41) is 10.5. The van der Waals surface area contributed by atoms with Crippen LogP contribution in [0.5, 0.6) is 0 Å². The van der Waals surface area contributed by atoms with E-state index in [0.717, 1.165) is 14.5 Å². The largest absolute Gasteiger partial charge is 0.388 e. The SMILES string of the molecule is NCC(c1cccc(F)c1)C(O)c1ccc(Br)cc1Br. The molecule has 2 rings (SSSR count). The first-order valence-electron chi connectivity index (χ1n) is 6.11. The Morgan fingerprint density at radius 1 is 1.15 bits per heavy atom. The average Bonchev–Trinajstić information content (AvgIpc) is 2.39. The summed E-state index contributed by atoms with van der Waals surface area (Å²) >= 11 is 6.80. The molecule has 0 aliphatic carbocycles. The first-order chi connectivity index (χ1) is 9.52. The van der Waals surface area contributed by atoms with Gasteiger partial charge in [-0.3, -0.25) is 0 Å². The van der Waals surface area contributed by atoms with E-state index in [1.165, 1.54) is 12.1 Å². The van der Waals surface area contributed by atoms with Gasteiger partial charge in [-0.2, -0.15) is 0 Å². The summed E-state index contributed by atoms with van der Waals surface area (Å²) in [5.74, 6) is -0.689. The Bertz CT molecular complexity index is 606. The number of aliphatic hydroxyl groups excluding tert-OH is 1. The fraction of sp³-hybridized carbons (Fsp3) is 0.200. The summed E-state index contributed by atoms with van der Waals surface area (Å²) in [5.41, 5.74) is 7.19. The molecule has 106 valence electrons. The van der Waals surface area contributed by atoms with Crippen LogP contribution in [0.4, 0.5) is 4.39 Å². The second-order valence-electron chi connectivity index (χ2n) is 4.51. The Kier molecular flexibility index (Phi) is 5.32. The van der Waals surface area contributed by atoms with Crippen LogP contribution in [0.25, 0.3) is 0 Å². The van der Waals surface area contributed by atoms with Crippen molar-refractivity contribution in [3.05, 3.63) is 68.4 Å². The fourth-order valence-corrected chi connectivity index (χ4v) is 3.42. The molecule has 0 fully saturated rings. The van der Waals surface area contributed by atoms with Gasteiger partial charge in [0.25, 0.3) is 0 Å². The van der Waals surface area contributed by atoms with Crippen LogP contribution in [0.2, 0.25) is 0 Å². The lowest BCUT2D eigenvalue weighted by molar-refractivity contribution is 0.146. The van der Waals surface area contributed by atoms with Crippen molar-refractivity contribution in [2.75, 3.05) is 6.54 Å². The Hall–Kier alpha value is -0.750. The van der Waals surface area contributed by atoms with Gasteiger partial charge in [-0.05, 0) is 35.4 Å². The van der Waals surface area contributed by atoms with E-state index in [4.69, 9.17) is 5.73 Å². The van der Waals surface area contributed by atoms with Gasteiger partial charge in [-0.15, -0.1) is 0 Å². The number of aliphatic hydroxyl groups is 1. The van der Waals surface area contributed by atoms with Crippen LogP contribution in [0, 0.1) is 5.82 Å². The molecule has 0 aromatic heterocycles. The van der Waals surface area contributed by atoms with Gasteiger partial charge in [-0.1, -0.05) is 50.1 Å². The minimum absolute atomic E-state index is 0.229. The Balaban J connectivity index is 2.36. The summed E-state index contributed by atoms with van der Waals surface area (Å²) in [6.07, 6.45) is -0.802. The molecule has 2 atom stereocenters. The number of hydrogen-bond acceptors (Lipinski definition) is 2. The van der Waals surface area contributed by atoms with E-state index in [1.807, 2.05) is 18.2 Å². The molecule has 0 bridgehead atoms. The molecule has 0 aliphatic rings. The van der Waals surface area contributed by atoms with Gasteiger partial charge in [0.2, 0.25) is 0 Å². The molecule has 3 N–H and O–H groups in total. The summed E-state index contributed by atoms with van der Waals surface area (Å²) in [6, 6.07) is 11.7. The van der Waals surface area contributed by atoms with Crippen molar-refractivity contribution in [3.8, 4) is 0 Å². The Morgan fingerprint density at radius 2 is 1.90 bits per heavy atom. The summed E-state index contributed by atoms with van der Waals surface area (Å²) in [4.78, 5) is 0. The predicted octanol–water partition coefficient (Wildman–Crippen LogP) is 4.13.